The molecule has 3 rings (SSSR count). The van der Waals surface area contributed by atoms with Crippen molar-refractivity contribution in [2.24, 2.45) is 0 Å². The minimum atomic E-state index is -3.14. The molecule has 1 aliphatic heterocycles. The molecular formula is C22H23FN2O6S2. The van der Waals surface area contributed by atoms with Gasteiger partial charge in [-0.15, -0.1) is 11.8 Å². The summed E-state index contributed by atoms with van der Waals surface area (Å²) in [5, 5.41) is 2.64. The lowest BCUT2D eigenvalue weighted by Gasteiger charge is -2.23. The van der Waals surface area contributed by atoms with E-state index in [1.807, 2.05) is 0 Å². The second-order valence-corrected chi connectivity index (χ2v) is 10.7. The zero-order valence-corrected chi connectivity index (χ0v) is 19.5. The Morgan fingerprint density at radius 1 is 1.15 bits per heavy atom. The summed E-state index contributed by atoms with van der Waals surface area (Å²) in [6.45, 7) is -0.518. The van der Waals surface area contributed by atoms with Gasteiger partial charge in [0.15, 0.2) is 16.4 Å². The first-order valence-electron chi connectivity index (χ1n) is 10.0. The highest BCUT2D eigenvalue weighted by Gasteiger charge is 2.33. The van der Waals surface area contributed by atoms with E-state index < -0.39 is 40.2 Å². The molecule has 0 aliphatic carbocycles. The number of carbonyl (C=O) groups excluding carboxylic acids is 3. The van der Waals surface area contributed by atoms with E-state index in [-0.39, 0.29) is 28.7 Å². The molecule has 1 atom stereocenters. The number of ether oxygens (including phenoxy) is 1. The van der Waals surface area contributed by atoms with Crippen molar-refractivity contribution >= 4 is 45.1 Å². The van der Waals surface area contributed by atoms with E-state index in [0.717, 1.165) is 11.8 Å². The van der Waals surface area contributed by atoms with Gasteiger partial charge in [0.25, 0.3) is 5.91 Å². The van der Waals surface area contributed by atoms with Crippen LogP contribution in [0, 0.1) is 5.82 Å². The summed E-state index contributed by atoms with van der Waals surface area (Å²) in [5.74, 6) is -2.02. The van der Waals surface area contributed by atoms with Gasteiger partial charge in [-0.3, -0.25) is 9.59 Å². The van der Waals surface area contributed by atoms with Gasteiger partial charge in [0.1, 0.15) is 5.82 Å². The Morgan fingerprint density at radius 3 is 2.52 bits per heavy atom. The molecule has 0 aromatic heterocycles. The third kappa shape index (κ3) is 7.03. The number of esters is 1. The van der Waals surface area contributed by atoms with Crippen LogP contribution < -0.4 is 5.32 Å². The summed E-state index contributed by atoms with van der Waals surface area (Å²) >= 11 is 1.12. The second-order valence-electron chi connectivity index (χ2n) is 7.48. The van der Waals surface area contributed by atoms with Gasteiger partial charge < -0.3 is 15.0 Å². The van der Waals surface area contributed by atoms with Crippen LogP contribution in [0.5, 0.6) is 0 Å². The molecule has 1 fully saturated rings. The number of thioether (sulfide) groups is 1. The van der Waals surface area contributed by atoms with Gasteiger partial charge >= 0.3 is 5.97 Å². The number of rotatable bonds is 8. The van der Waals surface area contributed by atoms with E-state index in [2.05, 4.69) is 5.32 Å². The summed E-state index contributed by atoms with van der Waals surface area (Å²) in [6, 6.07) is 11.5. The van der Waals surface area contributed by atoms with Crippen molar-refractivity contribution in [3.63, 3.8) is 0 Å². The normalized spacial score (nSPS) is 16.7. The largest absolute Gasteiger partial charge is 0.452 e. The van der Waals surface area contributed by atoms with Crippen molar-refractivity contribution in [2.45, 2.75) is 17.4 Å². The molecule has 1 saturated heterocycles. The molecule has 11 heteroatoms. The lowest BCUT2D eigenvalue weighted by atomic mass is 10.2. The molecule has 1 aliphatic rings. The average molecular weight is 495 g/mol. The third-order valence-corrected chi connectivity index (χ3v) is 7.89. The summed E-state index contributed by atoms with van der Waals surface area (Å²) in [7, 11) is -1.65. The van der Waals surface area contributed by atoms with E-state index >= 15 is 0 Å². The Hall–Kier alpha value is -2.92. The highest BCUT2D eigenvalue weighted by atomic mass is 32.2. The fourth-order valence-electron chi connectivity index (χ4n) is 3.23. The van der Waals surface area contributed by atoms with Gasteiger partial charge in [-0.2, -0.15) is 0 Å². The van der Waals surface area contributed by atoms with Crippen LogP contribution in [0.1, 0.15) is 16.8 Å². The predicted octanol–water partition coefficient (Wildman–Crippen LogP) is 2.36. The lowest BCUT2D eigenvalue weighted by Crippen LogP contribution is -2.40. The Bertz CT molecular complexity index is 1140. The molecule has 1 N–H and O–H groups in total. The molecule has 2 amide bonds. The van der Waals surface area contributed by atoms with Crippen LogP contribution in [0.4, 0.5) is 10.1 Å². The molecule has 0 saturated carbocycles. The zero-order valence-electron chi connectivity index (χ0n) is 17.8. The number of nitrogens with one attached hydrogen (secondary N) is 1. The molecule has 176 valence electrons. The minimum Gasteiger partial charge on any atom is -0.452 e. The monoisotopic (exact) mass is 494 g/mol. The Balaban J connectivity index is 1.53. The van der Waals surface area contributed by atoms with Crippen molar-refractivity contribution in [3.05, 3.63) is 59.9 Å². The minimum absolute atomic E-state index is 0.000504. The fraction of sp³-hybridized carbons (Fsp3) is 0.318. The lowest BCUT2D eigenvalue weighted by molar-refractivity contribution is -0.134. The number of amides is 2. The quantitative estimate of drug-likeness (QED) is 0.443. The average Bonchev–Trinajstić information content (AvgIpc) is 3.16. The first-order valence-corrected chi connectivity index (χ1v) is 12.9. The maximum Gasteiger partial charge on any atom is 0.339 e. The molecule has 8 nitrogen and oxygen atoms in total. The van der Waals surface area contributed by atoms with Crippen molar-refractivity contribution in [1.82, 2.24) is 4.90 Å². The molecule has 2 aromatic carbocycles. The number of hydrogen-bond acceptors (Lipinski definition) is 7. The highest BCUT2D eigenvalue weighted by molar-refractivity contribution is 8.00. The van der Waals surface area contributed by atoms with Gasteiger partial charge in [0.2, 0.25) is 5.91 Å². The molecule has 1 heterocycles. The fourth-order valence-corrected chi connectivity index (χ4v) is 5.84. The first kappa shape index (κ1) is 24.7. The predicted molar refractivity (Wildman–Crippen MR) is 122 cm³/mol. The van der Waals surface area contributed by atoms with Gasteiger partial charge in [-0.25, -0.2) is 17.6 Å². The Morgan fingerprint density at radius 2 is 1.85 bits per heavy atom. The van der Waals surface area contributed by atoms with E-state index in [4.69, 9.17) is 4.74 Å². The SMILES string of the molecule is CN(C(=O)COC(=O)c1ccccc1SCC(=O)Nc1ccc(F)cc1)C1CCS(=O)(=O)C1. The van der Waals surface area contributed by atoms with Gasteiger partial charge in [-0.05, 0) is 42.8 Å². The van der Waals surface area contributed by atoms with Crippen molar-refractivity contribution in [1.29, 1.82) is 0 Å². The van der Waals surface area contributed by atoms with Crippen molar-refractivity contribution in [3.8, 4) is 0 Å². The maximum atomic E-state index is 13.0. The number of anilines is 1. The number of likely N-dealkylation sites (N-methyl/N-ethyl adjacent to an activating group) is 1. The van der Waals surface area contributed by atoms with Crippen molar-refractivity contribution < 1.29 is 31.9 Å². The summed E-state index contributed by atoms with van der Waals surface area (Å²) in [5.41, 5.74) is 0.656. The number of halogens is 1. The summed E-state index contributed by atoms with van der Waals surface area (Å²) in [6.07, 6.45) is 0.359. The smallest absolute Gasteiger partial charge is 0.339 e. The van der Waals surface area contributed by atoms with Crippen LogP contribution in [0.3, 0.4) is 0 Å². The highest BCUT2D eigenvalue weighted by Crippen LogP contribution is 2.24. The topological polar surface area (TPSA) is 110 Å². The van der Waals surface area contributed by atoms with Crippen LogP contribution in [0.25, 0.3) is 0 Å². The Kier molecular flexibility index (Phi) is 8.09. The maximum absolute atomic E-state index is 13.0. The van der Waals surface area contributed by atoms with Crippen LogP contribution in [-0.4, -0.2) is 68.1 Å². The first-order chi connectivity index (χ1) is 15.6. The van der Waals surface area contributed by atoms with Crippen LogP contribution in [0.2, 0.25) is 0 Å². The van der Waals surface area contributed by atoms with Crippen molar-refractivity contribution in [2.75, 3.05) is 36.2 Å². The molecule has 0 radical (unpaired) electrons. The number of sulfone groups is 1. The van der Waals surface area contributed by atoms with E-state index in [9.17, 15) is 27.2 Å². The van der Waals surface area contributed by atoms with Crippen LogP contribution in [-0.2, 0) is 24.2 Å². The number of hydrogen-bond donors (Lipinski definition) is 1. The van der Waals surface area contributed by atoms with E-state index in [1.54, 1.807) is 18.2 Å². The van der Waals surface area contributed by atoms with Gasteiger partial charge in [0.05, 0.1) is 22.8 Å². The molecule has 2 aromatic rings. The molecule has 1 unspecified atom stereocenters. The van der Waals surface area contributed by atoms with Gasteiger partial charge in [0, 0.05) is 23.7 Å². The molecule has 0 bridgehead atoms. The standard InChI is InChI=1S/C22H23FN2O6S2/c1-25(17-10-11-33(29,30)14-17)21(27)12-31-22(28)18-4-2-3-5-19(18)32-13-20(26)24-16-8-6-15(23)7-9-16/h2-9,17H,10-14H2,1H3,(H,24,26). The molecule has 0 spiro atoms. The summed E-state index contributed by atoms with van der Waals surface area (Å²) < 4.78 is 41.3. The van der Waals surface area contributed by atoms with Crippen LogP contribution >= 0.6 is 11.8 Å². The molecule has 33 heavy (non-hydrogen) atoms. The Labute approximate surface area is 195 Å². The van der Waals surface area contributed by atoms with E-state index in [1.165, 1.54) is 42.3 Å². The third-order valence-electron chi connectivity index (χ3n) is 5.07. The van der Waals surface area contributed by atoms with Crippen LogP contribution in [0.15, 0.2) is 53.4 Å². The molecular weight excluding hydrogens is 471 g/mol. The zero-order chi connectivity index (χ0) is 24.0. The second kappa shape index (κ2) is 10.8. The number of benzene rings is 2. The number of carbonyl (C=O) groups is 3. The number of nitrogens with zero attached hydrogens (tertiary/aromatic N) is 1. The van der Waals surface area contributed by atoms with E-state index in [0.29, 0.717) is 17.0 Å². The summed E-state index contributed by atoms with van der Waals surface area (Å²) in [4.78, 5) is 38.9. The van der Waals surface area contributed by atoms with Gasteiger partial charge in [-0.1, -0.05) is 12.1 Å².